The standard InChI is InChI=1S/C58H104O14/c1-3-5-7-9-11-13-15-17-19-21-23-25-27-29-31-33-35-37-39-41-50(60)70-47(44-67-42-40-38-36-34-32-30-28-26-24-22-20-18-16-14-12-10-8-6-4-2)45-68-57-56(66)54(64)52(62)49(72-57)46-69-58-55(65)53(63)51(61)48(43-59)71-58/h11,13,17,19-20,22-23,25,47-49,51-59,61-66H,3-10,12,14-16,18,21,24,26-46H2,1-2H3/b13-11-,19-17-,22-20-,25-23-. The molecule has 2 fully saturated rings. The molecule has 7 N–H and O–H groups in total. The van der Waals surface area contributed by atoms with Crippen LogP contribution >= 0.6 is 0 Å². The molecule has 14 heteroatoms. The number of esters is 1. The first-order valence-corrected chi connectivity index (χ1v) is 28.7. The van der Waals surface area contributed by atoms with Crippen molar-refractivity contribution in [3.63, 3.8) is 0 Å². The van der Waals surface area contributed by atoms with E-state index in [1.54, 1.807) is 0 Å². The second-order valence-electron chi connectivity index (χ2n) is 20.1. The smallest absolute Gasteiger partial charge is 0.306 e. The van der Waals surface area contributed by atoms with Crippen molar-refractivity contribution in [3.8, 4) is 0 Å². The normalized spacial score (nSPS) is 25.5. The van der Waals surface area contributed by atoms with Gasteiger partial charge in [-0.25, -0.2) is 0 Å². The van der Waals surface area contributed by atoms with Crippen LogP contribution in [0.15, 0.2) is 48.6 Å². The Morgan fingerprint density at radius 1 is 0.458 bits per heavy atom. The molecular weight excluding hydrogens is 921 g/mol. The van der Waals surface area contributed by atoms with Crippen molar-refractivity contribution in [2.75, 3.05) is 33.0 Å². The van der Waals surface area contributed by atoms with E-state index in [1.807, 2.05) is 0 Å². The Bertz CT molecular complexity index is 1370. The second-order valence-corrected chi connectivity index (χ2v) is 20.1. The fourth-order valence-corrected chi connectivity index (χ4v) is 8.88. The quantitative estimate of drug-likeness (QED) is 0.0172. The van der Waals surface area contributed by atoms with E-state index in [9.17, 15) is 40.5 Å². The summed E-state index contributed by atoms with van der Waals surface area (Å²) in [5, 5.41) is 72.3. The van der Waals surface area contributed by atoms with Crippen molar-refractivity contribution < 1.29 is 69.0 Å². The lowest BCUT2D eigenvalue weighted by Crippen LogP contribution is -2.61. The molecule has 0 amide bonds. The van der Waals surface area contributed by atoms with Crippen molar-refractivity contribution >= 4 is 5.97 Å². The summed E-state index contributed by atoms with van der Waals surface area (Å²) in [6.07, 6.45) is 37.3. The number of carbonyl (C=O) groups is 1. The van der Waals surface area contributed by atoms with Gasteiger partial charge in [-0.2, -0.15) is 0 Å². The summed E-state index contributed by atoms with van der Waals surface area (Å²) in [6.45, 7) is 3.65. The lowest BCUT2D eigenvalue weighted by molar-refractivity contribution is -0.332. The van der Waals surface area contributed by atoms with Crippen LogP contribution in [0.1, 0.15) is 213 Å². The highest BCUT2D eigenvalue weighted by molar-refractivity contribution is 5.69. The van der Waals surface area contributed by atoms with Crippen LogP contribution in [0.25, 0.3) is 0 Å². The lowest BCUT2D eigenvalue weighted by Gasteiger charge is -2.42. The van der Waals surface area contributed by atoms with E-state index in [4.69, 9.17) is 28.4 Å². The summed E-state index contributed by atoms with van der Waals surface area (Å²) < 4.78 is 34.4. The highest BCUT2D eigenvalue weighted by Crippen LogP contribution is 2.26. The molecule has 2 rings (SSSR count). The number of carbonyl (C=O) groups excluding carboxylic acids is 1. The molecule has 72 heavy (non-hydrogen) atoms. The van der Waals surface area contributed by atoms with Crippen LogP contribution in [0.3, 0.4) is 0 Å². The molecule has 0 radical (unpaired) electrons. The van der Waals surface area contributed by atoms with Gasteiger partial charge in [0.15, 0.2) is 12.6 Å². The van der Waals surface area contributed by atoms with Gasteiger partial charge in [0.1, 0.15) is 54.9 Å². The third-order valence-corrected chi connectivity index (χ3v) is 13.6. The first-order chi connectivity index (χ1) is 35.1. The molecule has 2 aliphatic heterocycles. The molecule has 0 aliphatic carbocycles. The van der Waals surface area contributed by atoms with Crippen molar-refractivity contribution in [1.29, 1.82) is 0 Å². The van der Waals surface area contributed by atoms with E-state index in [2.05, 4.69) is 62.5 Å². The molecule has 2 heterocycles. The number of aliphatic hydroxyl groups is 7. The number of hydrogen-bond donors (Lipinski definition) is 7. The Balaban J connectivity index is 1.74. The Labute approximate surface area is 435 Å². The van der Waals surface area contributed by atoms with Crippen LogP contribution in [-0.4, -0.2) is 142 Å². The van der Waals surface area contributed by atoms with Crippen molar-refractivity contribution in [2.45, 2.75) is 280 Å². The number of hydrogen-bond acceptors (Lipinski definition) is 14. The average molecular weight is 1030 g/mol. The van der Waals surface area contributed by atoms with E-state index in [-0.39, 0.29) is 25.6 Å². The summed E-state index contributed by atoms with van der Waals surface area (Å²) >= 11 is 0. The fourth-order valence-electron chi connectivity index (χ4n) is 8.88. The number of rotatable bonds is 46. The SMILES string of the molecule is CCCCC/C=C\C/C=C\C/C=C\CCCCCCCCC(=O)OC(COCCCCCCCCCC/C=C\CCCCCCCCC)COC1OC(COC2OC(CO)C(O)C(O)C2O)C(O)C(O)C1O. The highest BCUT2D eigenvalue weighted by Gasteiger charge is 2.47. The zero-order valence-electron chi connectivity index (χ0n) is 44.9. The van der Waals surface area contributed by atoms with E-state index in [1.165, 1.54) is 116 Å². The van der Waals surface area contributed by atoms with E-state index in [0.29, 0.717) is 13.0 Å². The summed E-state index contributed by atoms with van der Waals surface area (Å²) in [4.78, 5) is 13.1. The fraction of sp³-hybridized carbons (Fsp3) is 0.845. The molecule has 0 saturated carbocycles. The zero-order chi connectivity index (χ0) is 52.3. The maximum absolute atomic E-state index is 13.1. The molecule has 14 nitrogen and oxygen atoms in total. The molecule has 2 aliphatic rings. The van der Waals surface area contributed by atoms with Gasteiger partial charge in [-0.3, -0.25) is 4.79 Å². The van der Waals surface area contributed by atoms with Crippen molar-refractivity contribution in [1.82, 2.24) is 0 Å². The van der Waals surface area contributed by atoms with Crippen LogP contribution in [-0.2, 0) is 33.2 Å². The Hall–Kier alpha value is -2.05. The number of ether oxygens (including phenoxy) is 6. The largest absolute Gasteiger partial charge is 0.457 e. The van der Waals surface area contributed by atoms with Crippen molar-refractivity contribution in [2.24, 2.45) is 0 Å². The first kappa shape index (κ1) is 66.1. The minimum absolute atomic E-state index is 0.0537. The maximum Gasteiger partial charge on any atom is 0.306 e. The summed E-state index contributed by atoms with van der Waals surface area (Å²) in [7, 11) is 0. The number of allylic oxidation sites excluding steroid dienone is 8. The minimum Gasteiger partial charge on any atom is -0.457 e. The molecule has 0 aromatic rings. The molecule has 11 unspecified atom stereocenters. The second kappa shape index (κ2) is 45.2. The van der Waals surface area contributed by atoms with Gasteiger partial charge >= 0.3 is 5.97 Å². The van der Waals surface area contributed by atoms with Gasteiger partial charge in [-0.15, -0.1) is 0 Å². The third kappa shape index (κ3) is 31.7. The van der Waals surface area contributed by atoms with E-state index >= 15 is 0 Å². The molecule has 420 valence electrons. The van der Waals surface area contributed by atoms with E-state index in [0.717, 1.165) is 70.6 Å². The highest BCUT2D eigenvalue weighted by atomic mass is 16.7. The van der Waals surface area contributed by atoms with E-state index < -0.39 is 80.7 Å². The summed E-state index contributed by atoms with van der Waals surface area (Å²) in [6, 6.07) is 0. The van der Waals surface area contributed by atoms with Gasteiger partial charge in [0.2, 0.25) is 0 Å². The van der Waals surface area contributed by atoms with Gasteiger partial charge in [0, 0.05) is 13.0 Å². The topological polar surface area (TPSA) is 214 Å². The van der Waals surface area contributed by atoms with Crippen LogP contribution in [0.2, 0.25) is 0 Å². The lowest BCUT2D eigenvalue weighted by atomic mass is 9.98. The Kier molecular flexibility index (Phi) is 41.4. The van der Waals surface area contributed by atoms with Crippen LogP contribution < -0.4 is 0 Å². The zero-order valence-corrected chi connectivity index (χ0v) is 44.9. The Morgan fingerprint density at radius 2 is 0.861 bits per heavy atom. The molecule has 0 spiro atoms. The molecular formula is C58H104O14. The average Bonchev–Trinajstić information content (AvgIpc) is 3.38. The van der Waals surface area contributed by atoms with Gasteiger partial charge in [-0.1, -0.05) is 178 Å². The molecule has 0 aromatic heterocycles. The van der Waals surface area contributed by atoms with Gasteiger partial charge in [0.05, 0.1) is 26.4 Å². The van der Waals surface area contributed by atoms with Gasteiger partial charge in [0.25, 0.3) is 0 Å². The Morgan fingerprint density at radius 3 is 1.39 bits per heavy atom. The number of aliphatic hydroxyl groups excluding tert-OH is 7. The molecule has 11 atom stereocenters. The van der Waals surface area contributed by atoms with Crippen LogP contribution in [0.4, 0.5) is 0 Å². The molecule has 2 saturated heterocycles. The third-order valence-electron chi connectivity index (χ3n) is 13.6. The molecule has 0 aromatic carbocycles. The predicted octanol–water partition coefficient (Wildman–Crippen LogP) is 9.91. The van der Waals surface area contributed by atoms with Crippen molar-refractivity contribution in [3.05, 3.63) is 48.6 Å². The predicted molar refractivity (Wildman–Crippen MR) is 284 cm³/mol. The maximum atomic E-state index is 13.1. The van der Waals surface area contributed by atoms with Gasteiger partial charge in [-0.05, 0) is 77.0 Å². The first-order valence-electron chi connectivity index (χ1n) is 28.7. The van der Waals surface area contributed by atoms with Crippen LogP contribution in [0, 0.1) is 0 Å². The minimum atomic E-state index is -1.71. The monoisotopic (exact) mass is 1020 g/mol. The molecule has 0 bridgehead atoms. The van der Waals surface area contributed by atoms with Crippen LogP contribution in [0.5, 0.6) is 0 Å². The summed E-state index contributed by atoms with van der Waals surface area (Å²) in [5.74, 6) is -0.389. The summed E-state index contributed by atoms with van der Waals surface area (Å²) in [5.41, 5.74) is 0. The number of unbranched alkanes of at least 4 members (excludes halogenated alkanes) is 24. The van der Waals surface area contributed by atoms with Gasteiger partial charge < -0.3 is 64.2 Å².